The molecular weight excluding hydrogens is 244 g/mol. The lowest BCUT2D eigenvalue weighted by Gasteiger charge is -2.23. The first-order chi connectivity index (χ1) is 9.20. The molecule has 0 amide bonds. The van der Waals surface area contributed by atoms with E-state index in [2.05, 4.69) is 10.6 Å². The molecule has 6 nitrogen and oxygen atoms in total. The van der Waals surface area contributed by atoms with E-state index in [1.54, 1.807) is 12.1 Å². The number of piperidine rings is 1. The molecule has 2 rings (SSSR count). The summed E-state index contributed by atoms with van der Waals surface area (Å²) in [6.07, 6.45) is 2.16. The first-order valence-corrected chi connectivity index (χ1v) is 6.34. The lowest BCUT2D eigenvalue weighted by molar-refractivity contribution is -0.384. The van der Waals surface area contributed by atoms with Crippen molar-refractivity contribution in [3.8, 4) is 6.07 Å². The van der Waals surface area contributed by atoms with Gasteiger partial charge in [-0.05, 0) is 44.0 Å². The minimum Gasteiger partial charge on any atom is -0.379 e. The third-order valence-corrected chi connectivity index (χ3v) is 3.36. The summed E-state index contributed by atoms with van der Waals surface area (Å²) in [5.41, 5.74) is 0.759. The molecule has 0 aromatic heterocycles. The fourth-order valence-electron chi connectivity index (χ4n) is 2.24. The number of nitrogens with zero attached hydrogens (tertiary/aromatic N) is 2. The predicted molar refractivity (Wildman–Crippen MR) is 71.9 cm³/mol. The smallest absolute Gasteiger partial charge is 0.293 e. The summed E-state index contributed by atoms with van der Waals surface area (Å²) in [6.45, 7) is 2.73. The molecule has 1 aliphatic rings. The number of nitro groups is 1. The van der Waals surface area contributed by atoms with Crippen LogP contribution in [0.25, 0.3) is 0 Å². The topological polar surface area (TPSA) is 91.0 Å². The predicted octanol–water partition coefficient (Wildman–Crippen LogP) is 1.88. The van der Waals surface area contributed by atoms with Crippen LogP contribution in [0.5, 0.6) is 0 Å². The second-order valence-corrected chi connectivity index (χ2v) is 4.68. The largest absolute Gasteiger partial charge is 0.379 e. The van der Waals surface area contributed by atoms with E-state index in [9.17, 15) is 10.1 Å². The highest BCUT2D eigenvalue weighted by atomic mass is 16.6. The molecule has 6 heteroatoms. The van der Waals surface area contributed by atoms with Gasteiger partial charge in [0.25, 0.3) is 5.69 Å². The zero-order valence-electron chi connectivity index (χ0n) is 10.6. The van der Waals surface area contributed by atoms with E-state index in [4.69, 9.17) is 5.26 Å². The standard InChI is InChI=1S/C13H16N4O2/c14-8-11-1-2-12(13(7-11)17(18)19)16-9-10-3-5-15-6-4-10/h1-2,7,10,15-16H,3-6,9H2. The van der Waals surface area contributed by atoms with Gasteiger partial charge in [0.1, 0.15) is 5.69 Å². The molecule has 0 aliphatic carbocycles. The number of hydrogen-bond donors (Lipinski definition) is 2. The number of nitriles is 1. The highest BCUT2D eigenvalue weighted by molar-refractivity contribution is 5.64. The summed E-state index contributed by atoms with van der Waals surface area (Å²) in [7, 11) is 0. The van der Waals surface area contributed by atoms with Gasteiger partial charge in [-0.15, -0.1) is 0 Å². The van der Waals surface area contributed by atoms with Gasteiger partial charge in [0.05, 0.1) is 16.6 Å². The van der Waals surface area contributed by atoms with Crippen molar-refractivity contribution in [2.45, 2.75) is 12.8 Å². The van der Waals surface area contributed by atoms with Gasteiger partial charge in [0.2, 0.25) is 0 Å². The quantitative estimate of drug-likeness (QED) is 0.637. The molecule has 0 atom stereocenters. The van der Waals surface area contributed by atoms with Gasteiger partial charge < -0.3 is 10.6 Å². The van der Waals surface area contributed by atoms with Crippen LogP contribution in [-0.2, 0) is 0 Å². The summed E-state index contributed by atoms with van der Waals surface area (Å²) >= 11 is 0. The van der Waals surface area contributed by atoms with Gasteiger partial charge in [0, 0.05) is 12.6 Å². The molecule has 1 aliphatic heterocycles. The van der Waals surface area contributed by atoms with E-state index in [0.717, 1.165) is 32.5 Å². The molecule has 0 radical (unpaired) electrons. The minimum atomic E-state index is -0.453. The zero-order valence-corrected chi connectivity index (χ0v) is 10.6. The average Bonchev–Trinajstić information content (AvgIpc) is 2.46. The third-order valence-electron chi connectivity index (χ3n) is 3.36. The summed E-state index contributed by atoms with van der Waals surface area (Å²) in [5.74, 6) is 0.538. The molecule has 0 unspecified atom stereocenters. The Morgan fingerprint density at radius 1 is 1.47 bits per heavy atom. The van der Waals surface area contributed by atoms with Gasteiger partial charge in [-0.25, -0.2) is 0 Å². The first kappa shape index (κ1) is 13.3. The molecule has 1 saturated heterocycles. The average molecular weight is 260 g/mol. The van der Waals surface area contributed by atoms with E-state index in [0.29, 0.717) is 17.2 Å². The van der Waals surface area contributed by atoms with Crippen LogP contribution in [0.1, 0.15) is 18.4 Å². The van der Waals surface area contributed by atoms with Gasteiger partial charge in [-0.2, -0.15) is 5.26 Å². The second-order valence-electron chi connectivity index (χ2n) is 4.68. The molecule has 1 aromatic rings. The molecule has 1 fully saturated rings. The van der Waals surface area contributed by atoms with E-state index in [-0.39, 0.29) is 5.69 Å². The Kier molecular flexibility index (Phi) is 4.31. The monoisotopic (exact) mass is 260 g/mol. The van der Waals surface area contributed by atoms with Crippen LogP contribution in [0.4, 0.5) is 11.4 Å². The molecule has 0 bridgehead atoms. The highest BCUT2D eigenvalue weighted by Crippen LogP contribution is 2.26. The van der Waals surface area contributed by atoms with Crippen LogP contribution in [0.2, 0.25) is 0 Å². The van der Waals surface area contributed by atoms with Crippen molar-refractivity contribution >= 4 is 11.4 Å². The van der Waals surface area contributed by atoms with E-state index in [1.165, 1.54) is 6.07 Å². The van der Waals surface area contributed by atoms with Crippen LogP contribution >= 0.6 is 0 Å². The fourth-order valence-corrected chi connectivity index (χ4v) is 2.24. The number of benzene rings is 1. The lowest BCUT2D eigenvalue weighted by Crippen LogP contribution is -2.31. The Labute approximate surface area is 111 Å². The van der Waals surface area contributed by atoms with Gasteiger partial charge in [-0.1, -0.05) is 0 Å². The maximum atomic E-state index is 11.0. The third kappa shape index (κ3) is 3.42. The van der Waals surface area contributed by atoms with E-state index in [1.807, 2.05) is 6.07 Å². The molecule has 100 valence electrons. The fraction of sp³-hybridized carbons (Fsp3) is 0.462. The zero-order chi connectivity index (χ0) is 13.7. The molecule has 1 aromatic carbocycles. The Morgan fingerprint density at radius 3 is 2.84 bits per heavy atom. The van der Waals surface area contributed by atoms with Crippen LogP contribution < -0.4 is 10.6 Å². The van der Waals surface area contributed by atoms with Gasteiger partial charge >= 0.3 is 0 Å². The number of rotatable bonds is 4. The van der Waals surface area contributed by atoms with Crippen molar-refractivity contribution in [2.24, 2.45) is 5.92 Å². The summed E-state index contributed by atoms with van der Waals surface area (Å²) in [5, 5.41) is 26.2. The second kappa shape index (κ2) is 6.16. The molecular formula is C13H16N4O2. The van der Waals surface area contributed by atoms with Crippen molar-refractivity contribution < 1.29 is 4.92 Å². The van der Waals surface area contributed by atoms with Gasteiger partial charge in [-0.3, -0.25) is 10.1 Å². The highest BCUT2D eigenvalue weighted by Gasteiger charge is 2.17. The first-order valence-electron chi connectivity index (χ1n) is 6.34. The number of nitrogens with one attached hydrogen (secondary N) is 2. The molecule has 0 saturated carbocycles. The van der Waals surface area contributed by atoms with Crippen molar-refractivity contribution in [3.63, 3.8) is 0 Å². The van der Waals surface area contributed by atoms with Crippen LogP contribution in [0, 0.1) is 27.4 Å². The van der Waals surface area contributed by atoms with Crippen LogP contribution in [0.3, 0.4) is 0 Å². The number of hydrogen-bond acceptors (Lipinski definition) is 5. The summed E-state index contributed by atoms with van der Waals surface area (Å²) in [4.78, 5) is 10.5. The SMILES string of the molecule is N#Cc1ccc(NCC2CCNCC2)c([N+](=O)[O-])c1. The normalized spacial score (nSPS) is 15.7. The Morgan fingerprint density at radius 2 is 2.21 bits per heavy atom. The van der Waals surface area contributed by atoms with Crippen molar-refractivity contribution in [1.29, 1.82) is 5.26 Å². The van der Waals surface area contributed by atoms with Crippen molar-refractivity contribution in [3.05, 3.63) is 33.9 Å². The Balaban J connectivity index is 2.06. The summed E-state index contributed by atoms with van der Waals surface area (Å²) in [6, 6.07) is 6.43. The Hall–Kier alpha value is -2.13. The van der Waals surface area contributed by atoms with Gasteiger partial charge in [0.15, 0.2) is 0 Å². The van der Waals surface area contributed by atoms with Crippen LogP contribution in [-0.4, -0.2) is 24.6 Å². The van der Waals surface area contributed by atoms with Crippen molar-refractivity contribution in [1.82, 2.24) is 5.32 Å². The maximum Gasteiger partial charge on any atom is 0.293 e. The van der Waals surface area contributed by atoms with E-state index >= 15 is 0 Å². The molecule has 0 spiro atoms. The van der Waals surface area contributed by atoms with Crippen LogP contribution in [0.15, 0.2) is 18.2 Å². The minimum absolute atomic E-state index is 0.0343. The Bertz CT molecular complexity index is 504. The number of anilines is 1. The summed E-state index contributed by atoms with van der Waals surface area (Å²) < 4.78 is 0. The lowest BCUT2D eigenvalue weighted by atomic mass is 9.98. The molecule has 19 heavy (non-hydrogen) atoms. The number of nitro benzene ring substituents is 1. The molecule has 2 N–H and O–H groups in total. The van der Waals surface area contributed by atoms with E-state index < -0.39 is 4.92 Å². The molecule has 1 heterocycles. The maximum absolute atomic E-state index is 11.0. The van der Waals surface area contributed by atoms with Crippen molar-refractivity contribution in [2.75, 3.05) is 25.0 Å².